The van der Waals surface area contributed by atoms with Gasteiger partial charge in [-0.05, 0) is 42.5 Å². The van der Waals surface area contributed by atoms with Gasteiger partial charge in [0.05, 0.1) is 11.1 Å². The topological polar surface area (TPSA) is 96.4 Å². The molecule has 1 aromatic carbocycles. The lowest BCUT2D eigenvalue weighted by Gasteiger charge is -2.13. The molecule has 182 valence electrons. The molecule has 1 aliphatic heterocycles. The van der Waals surface area contributed by atoms with Crippen LogP contribution in [0.4, 0.5) is 18.9 Å². The Kier molecular flexibility index (Phi) is 4.28. The number of alkyl halides is 3. The molecule has 3 heterocycles. The fourth-order valence-electron chi connectivity index (χ4n) is 5.31. The van der Waals surface area contributed by atoms with Crippen molar-refractivity contribution in [1.82, 2.24) is 14.9 Å². The number of hydrogen-bond donors (Lipinski definition) is 2. The van der Waals surface area contributed by atoms with Crippen LogP contribution in [0, 0.1) is 0 Å². The van der Waals surface area contributed by atoms with Crippen LogP contribution in [0.25, 0.3) is 10.9 Å². The van der Waals surface area contributed by atoms with Crippen molar-refractivity contribution in [3.05, 3.63) is 57.6 Å². The Morgan fingerprint density at radius 1 is 1.20 bits per heavy atom. The van der Waals surface area contributed by atoms with E-state index < -0.39 is 17.5 Å². The number of rotatable bonds is 4. The molecule has 2 N–H and O–H groups in total. The number of fused-ring (bicyclic) bond motifs is 3. The first-order chi connectivity index (χ1) is 16.5. The van der Waals surface area contributed by atoms with Crippen LogP contribution in [-0.2, 0) is 17.3 Å². The summed E-state index contributed by atoms with van der Waals surface area (Å²) >= 11 is 0. The van der Waals surface area contributed by atoms with E-state index in [4.69, 9.17) is 0 Å². The summed E-state index contributed by atoms with van der Waals surface area (Å²) < 4.78 is 43.6. The highest BCUT2D eigenvalue weighted by Crippen LogP contribution is 2.67. The second-order valence-electron chi connectivity index (χ2n) is 9.54. The van der Waals surface area contributed by atoms with Crippen molar-refractivity contribution < 1.29 is 27.5 Å². The molecule has 2 fully saturated rings. The van der Waals surface area contributed by atoms with E-state index in [-0.39, 0.29) is 40.5 Å². The number of nitrogens with zero attached hydrogens (tertiary/aromatic N) is 2. The number of hydrogen-bond acceptors (Lipinski definition) is 4. The second-order valence-corrected chi connectivity index (χ2v) is 9.54. The molecule has 1 spiro atoms. The van der Waals surface area contributed by atoms with Gasteiger partial charge in [0.25, 0.3) is 11.5 Å². The van der Waals surface area contributed by atoms with E-state index in [1.807, 2.05) is 0 Å². The minimum atomic E-state index is -4.84. The average molecular weight is 486 g/mol. The van der Waals surface area contributed by atoms with Crippen LogP contribution in [0.15, 0.2) is 35.3 Å². The highest BCUT2D eigenvalue weighted by molar-refractivity contribution is 6.12. The average Bonchev–Trinajstić information content (AvgIpc) is 3.69. The Hall–Kier alpha value is -3.76. The SMILES string of the molecule is CN1C(=O)[C@@]2(C[C@H]2c2cn(C)c(=O)c3[nH]c(C(=O)NC4CC4)cc23)c2ccc(OC(F)(F)F)cc21. The number of likely N-dealkylation sites (N-methyl/N-ethyl adjacent to an activating group) is 1. The molecule has 2 atom stereocenters. The van der Waals surface area contributed by atoms with Crippen molar-refractivity contribution in [2.75, 3.05) is 11.9 Å². The van der Waals surface area contributed by atoms with Gasteiger partial charge in [0.2, 0.25) is 5.91 Å². The summed E-state index contributed by atoms with van der Waals surface area (Å²) in [7, 11) is 3.12. The maximum absolute atomic E-state index is 13.4. The first-order valence-electron chi connectivity index (χ1n) is 11.2. The molecule has 2 aliphatic carbocycles. The van der Waals surface area contributed by atoms with Gasteiger partial charge in [-0.25, -0.2) is 0 Å². The molecule has 2 amide bonds. The summed E-state index contributed by atoms with van der Waals surface area (Å²) in [5, 5.41) is 3.46. The van der Waals surface area contributed by atoms with Crippen molar-refractivity contribution in [3.63, 3.8) is 0 Å². The number of pyridine rings is 1. The van der Waals surface area contributed by atoms with Crippen molar-refractivity contribution in [3.8, 4) is 5.75 Å². The Balaban J connectivity index is 1.42. The fourth-order valence-corrected chi connectivity index (χ4v) is 5.31. The van der Waals surface area contributed by atoms with Crippen LogP contribution in [0.1, 0.15) is 46.8 Å². The number of aryl methyl sites for hydroxylation is 1. The summed E-state index contributed by atoms with van der Waals surface area (Å²) in [6.07, 6.45) is -0.881. The van der Waals surface area contributed by atoms with Crippen LogP contribution < -0.4 is 20.5 Å². The predicted octanol–water partition coefficient (Wildman–Crippen LogP) is 3.06. The van der Waals surface area contributed by atoms with Crippen molar-refractivity contribution >= 4 is 28.4 Å². The molecule has 6 rings (SSSR count). The van der Waals surface area contributed by atoms with E-state index in [0.29, 0.717) is 23.1 Å². The molecule has 11 heteroatoms. The van der Waals surface area contributed by atoms with Gasteiger partial charge in [-0.1, -0.05) is 6.07 Å². The zero-order valence-electron chi connectivity index (χ0n) is 18.8. The molecule has 0 radical (unpaired) electrons. The lowest BCUT2D eigenvalue weighted by molar-refractivity contribution is -0.274. The maximum Gasteiger partial charge on any atom is 0.573 e. The number of anilines is 1. The van der Waals surface area contributed by atoms with Crippen LogP contribution in [-0.4, -0.2) is 40.8 Å². The molecule has 0 bridgehead atoms. The third-order valence-electron chi connectivity index (χ3n) is 7.22. The summed E-state index contributed by atoms with van der Waals surface area (Å²) in [5.41, 5.74) is 1.02. The van der Waals surface area contributed by atoms with Crippen molar-refractivity contribution in [2.24, 2.45) is 7.05 Å². The smallest absolute Gasteiger partial charge is 0.406 e. The van der Waals surface area contributed by atoms with E-state index in [1.54, 1.807) is 19.3 Å². The molecular formula is C24H21F3N4O4. The largest absolute Gasteiger partial charge is 0.573 e. The Labute approximate surface area is 196 Å². The molecule has 35 heavy (non-hydrogen) atoms. The fraction of sp³-hybridized carbons (Fsp3) is 0.375. The number of carbonyl (C=O) groups is 2. The normalized spacial score (nSPS) is 23.2. The highest BCUT2D eigenvalue weighted by atomic mass is 19.4. The van der Waals surface area contributed by atoms with Crippen LogP contribution in [0.3, 0.4) is 0 Å². The van der Waals surface area contributed by atoms with E-state index >= 15 is 0 Å². The van der Waals surface area contributed by atoms with E-state index in [1.165, 1.54) is 34.7 Å². The summed E-state index contributed by atoms with van der Waals surface area (Å²) in [6.45, 7) is 0. The molecular weight excluding hydrogens is 465 g/mol. The number of amides is 2. The van der Waals surface area contributed by atoms with Crippen LogP contribution in [0.2, 0.25) is 0 Å². The third kappa shape index (κ3) is 3.24. The molecule has 0 unspecified atom stereocenters. The summed E-state index contributed by atoms with van der Waals surface area (Å²) in [6, 6.07) is 5.72. The molecule has 3 aliphatic rings. The number of aromatic nitrogens is 2. The second kappa shape index (κ2) is 6.89. The van der Waals surface area contributed by atoms with Gasteiger partial charge < -0.3 is 24.5 Å². The van der Waals surface area contributed by atoms with Gasteiger partial charge in [0.1, 0.15) is 17.0 Å². The monoisotopic (exact) mass is 486 g/mol. The first kappa shape index (κ1) is 21.8. The zero-order valence-corrected chi connectivity index (χ0v) is 18.8. The standard InChI is InChI=1S/C24H21F3N4O4/c1-30-10-14(13-8-17(29-19(13)21(30)33)20(32)28-11-3-4-11)16-9-23(16)15-6-5-12(35-24(25,26)27)7-18(15)31(2)22(23)34/h5-8,10-11,16,29H,3-4,9H2,1-2H3,(H,28,32)/t16-,23-/m0/s1. The lowest BCUT2D eigenvalue weighted by Crippen LogP contribution is -2.29. The van der Waals surface area contributed by atoms with Gasteiger partial charge in [0.15, 0.2) is 0 Å². The Bertz CT molecular complexity index is 1490. The van der Waals surface area contributed by atoms with Gasteiger partial charge in [-0.2, -0.15) is 0 Å². The molecule has 2 saturated carbocycles. The number of aromatic amines is 1. The quantitative estimate of drug-likeness (QED) is 0.593. The third-order valence-corrected chi connectivity index (χ3v) is 7.22. The van der Waals surface area contributed by atoms with Crippen LogP contribution >= 0.6 is 0 Å². The minimum absolute atomic E-state index is 0.150. The van der Waals surface area contributed by atoms with Gasteiger partial charge in [0, 0.05) is 43.7 Å². The van der Waals surface area contributed by atoms with E-state index in [0.717, 1.165) is 18.4 Å². The van der Waals surface area contributed by atoms with Crippen LogP contribution in [0.5, 0.6) is 5.75 Å². The number of halogens is 3. The number of nitrogens with one attached hydrogen (secondary N) is 2. The Morgan fingerprint density at radius 3 is 2.63 bits per heavy atom. The lowest BCUT2D eigenvalue weighted by atomic mass is 9.91. The van der Waals surface area contributed by atoms with Gasteiger partial charge in [-0.3, -0.25) is 14.4 Å². The van der Waals surface area contributed by atoms with Crippen molar-refractivity contribution in [1.29, 1.82) is 0 Å². The summed E-state index contributed by atoms with van der Waals surface area (Å²) in [4.78, 5) is 43.1. The maximum atomic E-state index is 13.4. The Morgan fingerprint density at radius 2 is 1.94 bits per heavy atom. The van der Waals surface area contributed by atoms with Crippen molar-refractivity contribution in [2.45, 2.75) is 43.0 Å². The molecule has 0 saturated heterocycles. The zero-order chi connectivity index (χ0) is 24.9. The first-order valence-corrected chi connectivity index (χ1v) is 11.2. The van der Waals surface area contributed by atoms with E-state index in [2.05, 4.69) is 15.0 Å². The van der Waals surface area contributed by atoms with Gasteiger partial charge >= 0.3 is 6.36 Å². The molecule has 2 aromatic heterocycles. The number of ether oxygens (including phenoxy) is 1. The van der Waals surface area contributed by atoms with E-state index in [9.17, 15) is 27.6 Å². The highest BCUT2D eigenvalue weighted by Gasteiger charge is 2.67. The minimum Gasteiger partial charge on any atom is -0.406 e. The molecule has 3 aromatic rings. The van der Waals surface area contributed by atoms with Gasteiger partial charge in [-0.15, -0.1) is 13.2 Å². The number of benzene rings is 1. The predicted molar refractivity (Wildman–Crippen MR) is 120 cm³/mol. The molecule has 8 nitrogen and oxygen atoms in total. The number of carbonyl (C=O) groups excluding carboxylic acids is 2. The number of H-pyrrole nitrogens is 1. The summed E-state index contributed by atoms with van der Waals surface area (Å²) in [5.74, 6) is -1.23.